The van der Waals surface area contributed by atoms with E-state index in [0.717, 1.165) is 29.2 Å². The summed E-state index contributed by atoms with van der Waals surface area (Å²) in [5.41, 5.74) is 0.894. The molecule has 3 N–H and O–H groups in total. The van der Waals surface area contributed by atoms with Crippen LogP contribution in [0.2, 0.25) is 0 Å². The van der Waals surface area contributed by atoms with Gasteiger partial charge in [0.2, 0.25) is 0 Å². The predicted octanol–water partition coefficient (Wildman–Crippen LogP) is 3.53. The summed E-state index contributed by atoms with van der Waals surface area (Å²) in [6, 6.07) is 8.04. The molecule has 0 spiro atoms. The molecule has 3 aromatic rings. The number of aliphatic hydroxyl groups excluding tert-OH is 1. The monoisotopic (exact) mass is 395 g/mol. The number of aryl methyl sites for hydroxylation is 1. The smallest absolute Gasteiger partial charge is 0.416 e. The van der Waals surface area contributed by atoms with Crippen LogP contribution in [0.1, 0.15) is 16.9 Å². The molecule has 0 radical (unpaired) electrons. The first-order valence-electron chi connectivity index (χ1n) is 8.61. The summed E-state index contributed by atoms with van der Waals surface area (Å²) >= 11 is 0. The molecule has 1 unspecified atom stereocenters. The summed E-state index contributed by atoms with van der Waals surface area (Å²) in [5.74, 6) is 1.73. The molecular formula is C19H20F3N3O3. The Morgan fingerprint density at radius 2 is 1.96 bits per heavy atom. The number of hydrogen-bond acceptors (Lipinski definition) is 5. The SMILES string of the molecule is Cc1ccc(-c2[nH]ncc2CNCC(O)COc2ccc(C(F)(F)F)cc2)o1. The Morgan fingerprint density at radius 3 is 2.61 bits per heavy atom. The Bertz CT molecular complexity index is 888. The summed E-state index contributed by atoms with van der Waals surface area (Å²) in [7, 11) is 0. The molecule has 0 aliphatic heterocycles. The Labute approximate surface area is 159 Å². The highest BCUT2D eigenvalue weighted by molar-refractivity contribution is 5.56. The Balaban J connectivity index is 1.44. The van der Waals surface area contributed by atoms with Gasteiger partial charge in [0, 0.05) is 18.7 Å². The number of alkyl halides is 3. The molecule has 0 aliphatic rings. The fourth-order valence-corrected chi connectivity index (χ4v) is 2.59. The third-order valence-corrected chi connectivity index (χ3v) is 4.02. The van der Waals surface area contributed by atoms with Crippen LogP contribution in [0.3, 0.4) is 0 Å². The van der Waals surface area contributed by atoms with Gasteiger partial charge in [-0.15, -0.1) is 0 Å². The van der Waals surface area contributed by atoms with Gasteiger partial charge in [-0.2, -0.15) is 18.3 Å². The number of nitrogens with zero attached hydrogens (tertiary/aromatic N) is 1. The summed E-state index contributed by atoms with van der Waals surface area (Å²) in [5, 5.41) is 20.0. The lowest BCUT2D eigenvalue weighted by atomic mass is 10.2. The average Bonchev–Trinajstić information content (AvgIpc) is 3.28. The van der Waals surface area contributed by atoms with Crippen molar-refractivity contribution in [3.8, 4) is 17.2 Å². The maximum atomic E-state index is 12.5. The van der Waals surface area contributed by atoms with Crippen molar-refractivity contribution in [2.75, 3.05) is 13.2 Å². The number of rotatable bonds is 8. The first-order chi connectivity index (χ1) is 13.3. The van der Waals surface area contributed by atoms with Crippen LogP contribution in [0.15, 0.2) is 47.0 Å². The molecule has 9 heteroatoms. The number of ether oxygens (including phenoxy) is 1. The minimum atomic E-state index is -4.39. The van der Waals surface area contributed by atoms with Gasteiger partial charge in [0.1, 0.15) is 29.9 Å². The van der Waals surface area contributed by atoms with Crippen LogP contribution in [0, 0.1) is 6.92 Å². The quantitative estimate of drug-likeness (QED) is 0.544. The third-order valence-electron chi connectivity index (χ3n) is 4.02. The molecule has 28 heavy (non-hydrogen) atoms. The highest BCUT2D eigenvalue weighted by Crippen LogP contribution is 2.30. The van der Waals surface area contributed by atoms with Crippen molar-refractivity contribution in [1.82, 2.24) is 15.5 Å². The van der Waals surface area contributed by atoms with Crippen LogP contribution in [-0.4, -0.2) is 34.6 Å². The normalized spacial score (nSPS) is 12.9. The molecule has 150 valence electrons. The summed E-state index contributed by atoms with van der Waals surface area (Å²) in [4.78, 5) is 0. The van der Waals surface area contributed by atoms with Gasteiger partial charge in [0.05, 0.1) is 11.8 Å². The Kier molecular flexibility index (Phi) is 6.05. The van der Waals surface area contributed by atoms with E-state index in [4.69, 9.17) is 9.15 Å². The van der Waals surface area contributed by atoms with E-state index < -0.39 is 17.8 Å². The van der Waals surface area contributed by atoms with Crippen molar-refractivity contribution in [3.63, 3.8) is 0 Å². The van der Waals surface area contributed by atoms with Crippen LogP contribution in [0.5, 0.6) is 5.75 Å². The zero-order valence-corrected chi connectivity index (χ0v) is 15.1. The second-order valence-corrected chi connectivity index (χ2v) is 6.30. The molecule has 3 rings (SSSR count). The fraction of sp³-hybridized carbons (Fsp3) is 0.316. The van der Waals surface area contributed by atoms with Gasteiger partial charge in [0.25, 0.3) is 0 Å². The first kappa shape index (κ1) is 20.0. The highest BCUT2D eigenvalue weighted by atomic mass is 19.4. The van der Waals surface area contributed by atoms with E-state index >= 15 is 0 Å². The van der Waals surface area contributed by atoms with Gasteiger partial charge in [-0.1, -0.05) is 0 Å². The second kappa shape index (κ2) is 8.49. The van der Waals surface area contributed by atoms with Gasteiger partial charge in [0.15, 0.2) is 5.76 Å². The Morgan fingerprint density at radius 1 is 1.21 bits per heavy atom. The molecular weight excluding hydrogens is 375 g/mol. The van der Waals surface area contributed by atoms with Gasteiger partial charge in [-0.3, -0.25) is 5.10 Å². The second-order valence-electron chi connectivity index (χ2n) is 6.30. The molecule has 1 atom stereocenters. The lowest BCUT2D eigenvalue weighted by Gasteiger charge is -2.14. The molecule has 1 aromatic carbocycles. The topological polar surface area (TPSA) is 83.3 Å². The Hall–Kier alpha value is -2.78. The summed E-state index contributed by atoms with van der Waals surface area (Å²) < 4.78 is 48.5. The van der Waals surface area contributed by atoms with E-state index in [2.05, 4.69) is 15.5 Å². The maximum Gasteiger partial charge on any atom is 0.416 e. The van der Waals surface area contributed by atoms with Crippen molar-refractivity contribution in [1.29, 1.82) is 0 Å². The molecule has 0 fully saturated rings. The number of benzene rings is 1. The van der Waals surface area contributed by atoms with Crippen LogP contribution < -0.4 is 10.1 Å². The number of aromatic nitrogens is 2. The number of aromatic amines is 1. The predicted molar refractivity (Wildman–Crippen MR) is 95.7 cm³/mol. The van der Waals surface area contributed by atoms with Crippen molar-refractivity contribution < 1.29 is 27.4 Å². The number of furan rings is 1. The molecule has 0 amide bonds. The van der Waals surface area contributed by atoms with Gasteiger partial charge in [-0.25, -0.2) is 0 Å². The first-order valence-corrected chi connectivity index (χ1v) is 8.61. The minimum absolute atomic E-state index is 0.0476. The van der Waals surface area contributed by atoms with Crippen LogP contribution >= 0.6 is 0 Å². The van der Waals surface area contributed by atoms with Gasteiger partial charge >= 0.3 is 6.18 Å². The lowest BCUT2D eigenvalue weighted by molar-refractivity contribution is -0.137. The van der Waals surface area contributed by atoms with Crippen LogP contribution in [-0.2, 0) is 12.7 Å². The van der Waals surface area contributed by atoms with E-state index in [1.807, 2.05) is 19.1 Å². The van der Waals surface area contributed by atoms with E-state index in [9.17, 15) is 18.3 Å². The van der Waals surface area contributed by atoms with Crippen molar-refractivity contribution in [3.05, 3.63) is 59.5 Å². The molecule has 2 aromatic heterocycles. The van der Waals surface area contributed by atoms with Crippen molar-refractivity contribution in [2.24, 2.45) is 0 Å². The fourth-order valence-electron chi connectivity index (χ4n) is 2.59. The van der Waals surface area contributed by atoms with Crippen LogP contribution in [0.4, 0.5) is 13.2 Å². The number of halogens is 3. The van der Waals surface area contributed by atoms with Gasteiger partial charge in [-0.05, 0) is 43.3 Å². The highest BCUT2D eigenvalue weighted by Gasteiger charge is 2.30. The minimum Gasteiger partial charge on any atom is -0.491 e. The number of aliphatic hydroxyl groups is 1. The molecule has 0 aliphatic carbocycles. The van der Waals surface area contributed by atoms with Gasteiger partial charge < -0.3 is 19.6 Å². The third kappa shape index (κ3) is 5.14. The number of H-pyrrole nitrogens is 1. The van der Waals surface area contributed by atoms with E-state index in [-0.39, 0.29) is 18.9 Å². The van der Waals surface area contributed by atoms with E-state index in [0.29, 0.717) is 12.3 Å². The lowest BCUT2D eigenvalue weighted by Crippen LogP contribution is -2.31. The number of hydrogen-bond donors (Lipinski definition) is 3. The zero-order chi connectivity index (χ0) is 20.1. The van der Waals surface area contributed by atoms with Crippen molar-refractivity contribution in [2.45, 2.75) is 25.7 Å². The van der Waals surface area contributed by atoms with Crippen LogP contribution in [0.25, 0.3) is 11.5 Å². The largest absolute Gasteiger partial charge is 0.491 e. The molecule has 0 bridgehead atoms. The molecule has 6 nitrogen and oxygen atoms in total. The summed E-state index contributed by atoms with van der Waals surface area (Å²) in [6.07, 6.45) is -3.54. The average molecular weight is 395 g/mol. The molecule has 2 heterocycles. The van der Waals surface area contributed by atoms with E-state index in [1.165, 1.54) is 12.1 Å². The molecule has 0 saturated heterocycles. The zero-order valence-electron chi connectivity index (χ0n) is 15.1. The number of nitrogens with one attached hydrogen (secondary N) is 2. The summed E-state index contributed by atoms with van der Waals surface area (Å²) in [6.45, 7) is 2.49. The van der Waals surface area contributed by atoms with Crippen molar-refractivity contribution >= 4 is 0 Å². The standard InChI is InChI=1S/C19H20F3N3O3/c1-12-2-7-17(28-12)18-13(9-24-25-18)8-23-10-15(26)11-27-16-5-3-14(4-6-16)19(20,21)22/h2-7,9,15,23,26H,8,10-11H2,1H3,(H,24,25). The molecule has 0 saturated carbocycles. The maximum absolute atomic E-state index is 12.5. The van der Waals surface area contributed by atoms with E-state index in [1.54, 1.807) is 6.20 Å².